The van der Waals surface area contributed by atoms with E-state index in [2.05, 4.69) is 15.0 Å². The summed E-state index contributed by atoms with van der Waals surface area (Å²) in [5.74, 6) is 0. The number of hydrogen-bond donors (Lipinski definition) is 3. The summed E-state index contributed by atoms with van der Waals surface area (Å²) >= 11 is 0. The fourth-order valence-electron chi connectivity index (χ4n) is 2.10. The van der Waals surface area contributed by atoms with Crippen LogP contribution in [0.2, 0.25) is 0 Å². The molecule has 3 rings (SSSR count). The molecule has 3 heterocycles. The zero-order valence-electron chi connectivity index (χ0n) is 9.59. The number of aliphatic hydroxyl groups is 3. The van der Waals surface area contributed by atoms with E-state index >= 15 is 0 Å². The van der Waals surface area contributed by atoms with Gasteiger partial charge in [0.2, 0.25) is 0 Å². The molecule has 0 aromatic carbocycles. The van der Waals surface area contributed by atoms with Gasteiger partial charge in [0.05, 0.1) is 19.1 Å². The lowest BCUT2D eigenvalue weighted by atomic mass is 10.1. The van der Waals surface area contributed by atoms with Crippen LogP contribution in [-0.4, -0.2) is 59.8 Å². The molecule has 19 heavy (non-hydrogen) atoms. The Balaban J connectivity index is 2.03. The third-order valence-electron chi connectivity index (χ3n) is 3.08. The Bertz CT molecular complexity index is 606. The summed E-state index contributed by atoms with van der Waals surface area (Å²) in [5.41, 5.74) is 0.474. The molecule has 0 spiro atoms. The molecule has 2 aromatic rings. The van der Waals surface area contributed by atoms with Gasteiger partial charge in [-0.1, -0.05) is 0 Å². The van der Waals surface area contributed by atoms with Crippen molar-refractivity contribution < 1.29 is 24.4 Å². The van der Waals surface area contributed by atoms with Crippen LogP contribution < -0.4 is 0 Å². The Hall–Kier alpha value is -1.68. The van der Waals surface area contributed by atoms with Gasteiger partial charge in [0.25, 0.3) is 0 Å². The van der Waals surface area contributed by atoms with Crippen LogP contribution >= 0.6 is 0 Å². The van der Waals surface area contributed by atoms with Crippen LogP contribution in [0.5, 0.6) is 0 Å². The first-order valence-electron chi connectivity index (χ1n) is 5.59. The number of halogens is 1. The van der Waals surface area contributed by atoms with Gasteiger partial charge in [-0.3, -0.25) is 4.57 Å². The maximum atomic E-state index is 13.0. The molecule has 102 valence electrons. The fraction of sp³-hybridized carbons (Fsp3) is 0.500. The number of imidazole rings is 1. The van der Waals surface area contributed by atoms with E-state index in [0.29, 0.717) is 5.52 Å². The molecule has 3 N–H and O–H groups in total. The molecule has 1 aliphatic heterocycles. The Morgan fingerprint density at radius 2 is 2.11 bits per heavy atom. The van der Waals surface area contributed by atoms with Gasteiger partial charge in [0.1, 0.15) is 23.8 Å². The predicted octanol–water partition coefficient (Wildman–Crippen LogP) is -1.42. The van der Waals surface area contributed by atoms with Crippen LogP contribution in [-0.2, 0) is 4.74 Å². The number of ether oxygens (including phenoxy) is 1. The van der Waals surface area contributed by atoms with Gasteiger partial charge in [0.15, 0.2) is 11.9 Å². The van der Waals surface area contributed by atoms with Gasteiger partial charge in [-0.05, 0) is 0 Å². The van der Waals surface area contributed by atoms with E-state index in [1.165, 1.54) is 17.1 Å². The number of nitrogens with zero attached hydrogens (tertiary/aromatic N) is 4. The lowest BCUT2D eigenvalue weighted by Gasteiger charge is -2.16. The molecule has 8 nitrogen and oxygen atoms in total. The summed E-state index contributed by atoms with van der Waals surface area (Å²) in [4.78, 5) is 10.9. The van der Waals surface area contributed by atoms with E-state index in [1.807, 2.05) is 0 Å². The second-order valence-corrected chi connectivity index (χ2v) is 4.23. The number of rotatable bonds is 2. The first kappa shape index (κ1) is 12.4. The maximum absolute atomic E-state index is 13.0. The molecule has 0 radical (unpaired) electrons. The highest BCUT2D eigenvalue weighted by molar-refractivity contribution is 5.69. The van der Waals surface area contributed by atoms with Crippen molar-refractivity contribution in [1.82, 2.24) is 19.5 Å². The molecule has 0 saturated carbocycles. The second kappa shape index (κ2) is 4.46. The Kier molecular flexibility index (Phi) is 2.90. The SMILES string of the molecule is OC[C@H]1OC(n2cnc3cnc(F)nc32)[C@@H](O)[C@@H]1O. The van der Waals surface area contributed by atoms with Crippen molar-refractivity contribution in [2.75, 3.05) is 6.61 Å². The molecule has 1 fully saturated rings. The van der Waals surface area contributed by atoms with E-state index in [0.717, 1.165) is 0 Å². The molecule has 2 aromatic heterocycles. The van der Waals surface area contributed by atoms with Crippen LogP contribution in [0.15, 0.2) is 12.5 Å². The number of aromatic nitrogens is 4. The minimum absolute atomic E-state index is 0.141. The quantitative estimate of drug-likeness (QED) is 0.574. The smallest absolute Gasteiger partial charge is 0.310 e. The minimum atomic E-state index is -1.27. The highest BCUT2D eigenvalue weighted by atomic mass is 19.1. The van der Waals surface area contributed by atoms with E-state index in [9.17, 15) is 14.6 Å². The number of hydrogen-bond acceptors (Lipinski definition) is 7. The molecule has 9 heteroatoms. The van der Waals surface area contributed by atoms with Crippen LogP contribution in [0.1, 0.15) is 6.23 Å². The molecule has 1 unspecified atom stereocenters. The molecule has 1 saturated heterocycles. The average Bonchev–Trinajstić information content (AvgIpc) is 2.92. The minimum Gasteiger partial charge on any atom is -0.394 e. The monoisotopic (exact) mass is 270 g/mol. The highest BCUT2D eigenvalue weighted by Gasteiger charge is 2.43. The first-order valence-corrected chi connectivity index (χ1v) is 5.59. The fourth-order valence-corrected chi connectivity index (χ4v) is 2.10. The first-order chi connectivity index (χ1) is 9.11. The molecule has 0 bridgehead atoms. The Labute approximate surface area is 106 Å². The van der Waals surface area contributed by atoms with Crippen LogP contribution in [0.4, 0.5) is 4.39 Å². The van der Waals surface area contributed by atoms with Gasteiger partial charge >= 0.3 is 6.08 Å². The molecular weight excluding hydrogens is 259 g/mol. The summed E-state index contributed by atoms with van der Waals surface area (Å²) in [6.07, 6.45) is -2.84. The molecule has 1 aliphatic rings. The summed E-state index contributed by atoms with van der Waals surface area (Å²) in [6, 6.07) is 0. The standard InChI is InChI=1S/C10H11FN4O4/c11-10-12-1-4-8(14-10)15(3-13-4)9-7(18)6(17)5(2-16)19-9/h1,3,5-7,9,16-18H,2H2/t5-,6-,7+,9?/m1/s1. The lowest BCUT2D eigenvalue weighted by molar-refractivity contribution is -0.0511. The third kappa shape index (κ3) is 1.87. The topological polar surface area (TPSA) is 114 Å². The Morgan fingerprint density at radius 3 is 2.79 bits per heavy atom. The van der Waals surface area contributed by atoms with Gasteiger partial charge in [-0.2, -0.15) is 9.37 Å². The van der Waals surface area contributed by atoms with Crippen molar-refractivity contribution in [2.24, 2.45) is 0 Å². The van der Waals surface area contributed by atoms with E-state index in [1.54, 1.807) is 0 Å². The number of aliphatic hydroxyl groups excluding tert-OH is 3. The molecule has 0 amide bonds. The van der Waals surface area contributed by atoms with Crippen molar-refractivity contribution >= 4 is 11.2 Å². The third-order valence-corrected chi connectivity index (χ3v) is 3.08. The van der Waals surface area contributed by atoms with Crippen LogP contribution in [0.25, 0.3) is 11.2 Å². The summed E-state index contributed by atoms with van der Waals surface area (Å²) in [5, 5.41) is 28.6. The second-order valence-electron chi connectivity index (χ2n) is 4.23. The van der Waals surface area contributed by atoms with Crippen LogP contribution in [0, 0.1) is 6.08 Å². The molecule has 0 aliphatic carbocycles. The van der Waals surface area contributed by atoms with Crippen LogP contribution in [0.3, 0.4) is 0 Å². The van der Waals surface area contributed by atoms with E-state index in [-0.39, 0.29) is 5.65 Å². The summed E-state index contributed by atoms with van der Waals surface area (Å²) < 4.78 is 19.7. The molecule has 4 atom stereocenters. The summed E-state index contributed by atoms with van der Waals surface area (Å²) in [6.45, 7) is -0.440. The Morgan fingerprint density at radius 1 is 1.32 bits per heavy atom. The summed E-state index contributed by atoms with van der Waals surface area (Å²) in [7, 11) is 0. The zero-order chi connectivity index (χ0) is 13.6. The van der Waals surface area contributed by atoms with Gasteiger partial charge in [-0.15, -0.1) is 0 Å². The average molecular weight is 270 g/mol. The highest BCUT2D eigenvalue weighted by Crippen LogP contribution is 2.30. The van der Waals surface area contributed by atoms with E-state index < -0.39 is 37.2 Å². The number of fused-ring (bicyclic) bond motifs is 1. The molecular formula is C10H11FN4O4. The largest absolute Gasteiger partial charge is 0.394 e. The van der Waals surface area contributed by atoms with E-state index in [4.69, 9.17) is 9.84 Å². The van der Waals surface area contributed by atoms with Crippen molar-refractivity contribution in [3.63, 3.8) is 0 Å². The lowest BCUT2D eigenvalue weighted by Crippen LogP contribution is -2.33. The van der Waals surface area contributed by atoms with Crippen molar-refractivity contribution in [1.29, 1.82) is 0 Å². The van der Waals surface area contributed by atoms with Gasteiger partial charge in [0, 0.05) is 0 Å². The van der Waals surface area contributed by atoms with Gasteiger partial charge < -0.3 is 20.1 Å². The van der Waals surface area contributed by atoms with Crippen molar-refractivity contribution in [3.8, 4) is 0 Å². The predicted molar refractivity (Wildman–Crippen MR) is 58.3 cm³/mol. The maximum Gasteiger partial charge on any atom is 0.310 e. The zero-order valence-corrected chi connectivity index (χ0v) is 9.59. The van der Waals surface area contributed by atoms with Crippen molar-refractivity contribution in [3.05, 3.63) is 18.6 Å². The van der Waals surface area contributed by atoms with Gasteiger partial charge in [-0.25, -0.2) is 9.97 Å². The van der Waals surface area contributed by atoms with Crippen molar-refractivity contribution in [2.45, 2.75) is 24.5 Å². The normalized spacial score (nSPS) is 31.2.